The molecule has 0 saturated heterocycles. The summed E-state index contributed by atoms with van der Waals surface area (Å²) in [5, 5.41) is 1.24. The fourth-order valence-corrected chi connectivity index (χ4v) is 2.06. The molecule has 0 aliphatic carbocycles. The third-order valence-corrected chi connectivity index (χ3v) is 3.00. The largest absolute Gasteiger partial charge is 0.399 e. The third-order valence-electron chi connectivity index (χ3n) is 3.00. The number of nitrogens with one attached hydrogen (secondary N) is 1. The first kappa shape index (κ1) is 9.97. The molecule has 0 aliphatic heterocycles. The monoisotopic (exact) mass is 222 g/mol. The minimum atomic E-state index is 0.792. The van der Waals surface area contributed by atoms with Crippen LogP contribution < -0.4 is 5.73 Å². The zero-order valence-electron chi connectivity index (χ0n) is 9.70. The topological polar surface area (TPSA) is 41.8 Å². The van der Waals surface area contributed by atoms with Gasteiger partial charge in [0.1, 0.15) is 0 Å². The smallest absolute Gasteiger partial charge is 0.0464 e. The maximum atomic E-state index is 5.69. The van der Waals surface area contributed by atoms with Crippen molar-refractivity contribution < 1.29 is 0 Å². The molecule has 3 aromatic rings. The predicted molar refractivity (Wildman–Crippen MR) is 72.9 cm³/mol. The van der Waals surface area contributed by atoms with Gasteiger partial charge >= 0.3 is 0 Å². The van der Waals surface area contributed by atoms with E-state index < -0.39 is 0 Å². The van der Waals surface area contributed by atoms with Gasteiger partial charge in [0.15, 0.2) is 0 Å². The van der Waals surface area contributed by atoms with Gasteiger partial charge in [-0.05, 0) is 42.3 Å². The normalized spacial score (nSPS) is 10.9. The highest BCUT2D eigenvalue weighted by Crippen LogP contribution is 2.25. The van der Waals surface area contributed by atoms with Crippen molar-refractivity contribution in [1.29, 1.82) is 0 Å². The van der Waals surface area contributed by atoms with Gasteiger partial charge in [-0.15, -0.1) is 0 Å². The van der Waals surface area contributed by atoms with Crippen LogP contribution in [0.1, 0.15) is 5.56 Å². The van der Waals surface area contributed by atoms with Crippen LogP contribution in [0.5, 0.6) is 0 Å². The van der Waals surface area contributed by atoms with Gasteiger partial charge in [-0.25, -0.2) is 0 Å². The third kappa shape index (κ3) is 1.78. The quantitative estimate of drug-likeness (QED) is 0.605. The van der Waals surface area contributed by atoms with Crippen molar-refractivity contribution in [1.82, 2.24) is 4.98 Å². The van der Waals surface area contributed by atoms with E-state index in [2.05, 4.69) is 36.2 Å². The molecule has 3 rings (SSSR count). The Hall–Kier alpha value is -2.22. The number of hydrogen-bond donors (Lipinski definition) is 2. The zero-order valence-corrected chi connectivity index (χ0v) is 9.70. The molecule has 0 bridgehead atoms. The molecule has 0 spiro atoms. The number of aromatic nitrogens is 1. The van der Waals surface area contributed by atoms with Gasteiger partial charge < -0.3 is 10.7 Å². The van der Waals surface area contributed by atoms with E-state index in [-0.39, 0.29) is 0 Å². The summed E-state index contributed by atoms with van der Waals surface area (Å²) < 4.78 is 0. The molecular formula is C15H14N2. The van der Waals surface area contributed by atoms with E-state index >= 15 is 0 Å². The van der Waals surface area contributed by atoms with Crippen LogP contribution in [-0.2, 0) is 0 Å². The lowest BCUT2D eigenvalue weighted by atomic mass is 10.1. The lowest BCUT2D eigenvalue weighted by Crippen LogP contribution is -1.83. The Labute approximate surface area is 100 Å². The van der Waals surface area contributed by atoms with Crippen LogP contribution in [0.3, 0.4) is 0 Å². The van der Waals surface area contributed by atoms with Crippen molar-refractivity contribution >= 4 is 16.6 Å². The van der Waals surface area contributed by atoms with Crippen molar-refractivity contribution in [3.63, 3.8) is 0 Å². The molecule has 0 unspecified atom stereocenters. The van der Waals surface area contributed by atoms with Gasteiger partial charge in [0.2, 0.25) is 0 Å². The number of aromatic amines is 1. The molecule has 2 heteroatoms. The highest BCUT2D eigenvalue weighted by Gasteiger charge is 2.02. The van der Waals surface area contributed by atoms with Crippen LogP contribution >= 0.6 is 0 Å². The summed E-state index contributed by atoms with van der Waals surface area (Å²) in [4.78, 5) is 3.43. The first-order valence-electron chi connectivity index (χ1n) is 5.68. The Morgan fingerprint density at radius 3 is 2.47 bits per heavy atom. The molecule has 0 aliphatic rings. The molecule has 3 N–H and O–H groups in total. The van der Waals surface area contributed by atoms with Crippen LogP contribution in [0.4, 0.5) is 5.69 Å². The summed E-state index contributed by atoms with van der Waals surface area (Å²) in [5.74, 6) is 0. The Morgan fingerprint density at radius 1 is 0.941 bits per heavy atom. The molecule has 0 saturated carbocycles. The number of fused-ring (bicyclic) bond motifs is 1. The summed E-state index contributed by atoms with van der Waals surface area (Å²) in [6.07, 6.45) is 0. The van der Waals surface area contributed by atoms with Gasteiger partial charge in [-0.1, -0.05) is 24.3 Å². The number of anilines is 1. The highest BCUT2D eigenvalue weighted by molar-refractivity contribution is 5.86. The Kier molecular flexibility index (Phi) is 2.15. The maximum Gasteiger partial charge on any atom is 0.0464 e. The van der Waals surface area contributed by atoms with Crippen LogP contribution in [-0.4, -0.2) is 4.98 Å². The summed E-state index contributed by atoms with van der Waals surface area (Å²) in [7, 11) is 0. The Morgan fingerprint density at radius 2 is 1.71 bits per heavy atom. The lowest BCUT2D eigenvalue weighted by Gasteiger charge is -1.98. The molecule has 0 fully saturated rings. The molecule has 2 aromatic carbocycles. The summed E-state index contributed by atoms with van der Waals surface area (Å²) in [5.41, 5.74) is 11.2. The fourth-order valence-electron chi connectivity index (χ4n) is 2.06. The molecule has 0 atom stereocenters. The number of aryl methyl sites for hydroxylation is 1. The highest BCUT2D eigenvalue weighted by atomic mass is 14.7. The number of benzene rings is 2. The van der Waals surface area contributed by atoms with Crippen molar-refractivity contribution in [3.05, 3.63) is 54.1 Å². The number of hydrogen-bond acceptors (Lipinski definition) is 1. The summed E-state index contributed by atoms with van der Waals surface area (Å²) in [6.45, 7) is 2.10. The maximum absolute atomic E-state index is 5.69. The van der Waals surface area contributed by atoms with Gasteiger partial charge in [-0.3, -0.25) is 0 Å². The van der Waals surface area contributed by atoms with Gasteiger partial charge in [0, 0.05) is 22.3 Å². The molecular weight excluding hydrogens is 208 g/mol. The zero-order chi connectivity index (χ0) is 11.8. The van der Waals surface area contributed by atoms with Crippen LogP contribution in [0.15, 0.2) is 48.5 Å². The van der Waals surface area contributed by atoms with E-state index in [1.54, 1.807) is 0 Å². The van der Waals surface area contributed by atoms with Crippen molar-refractivity contribution in [2.45, 2.75) is 6.92 Å². The molecule has 2 nitrogen and oxygen atoms in total. The van der Waals surface area contributed by atoms with E-state index in [9.17, 15) is 0 Å². The van der Waals surface area contributed by atoms with Crippen molar-refractivity contribution in [3.8, 4) is 11.3 Å². The SMILES string of the molecule is Cc1ccc2cc(-c3ccc(N)cc3)[nH]c2c1. The van der Waals surface area contributed by atoms with Crippen molar-refractivity contribution in [2.75, 3.05) is 5.73 Å². The second kappa shape index (κ2) is 3.67. The minimum Gasteiger partial charge on any atom is -0.399 e. The first-order chi connectivity index (χ1) is 8.22. The standard InChI is InChI=1S/C15H14N2/c1-10-2-3-12-9-15(17-14(12)8-10)11-4-6-13(16)7-5-11/h2-9,17H,16H2,1H3. The molecule has 0 amide bonds. The minimum absolute atomic E-state index is 0.792. The molecule has 1 heterocycles. The van der Waals surface area contributed by atoms with E-state index in [0.29, 0.717) is 0 Å². The number of H-pyrrole nitrogens is 1. The second-order valence-corrected chi connectivity index (χ2v) is 4.40. The Bertz CT molecular complexity index is 663. The average Bonchev–Trinajstić information content (AvgIpc) is 2.72. The van der Waals surface area contributed by atoms with E-state index in [1.165, 1.54) is 16.5 Å². The van der Waals surface area contributed by atoms with E-state index in [4.69, 9.17) is 5.73 Å². The van der Waals surface area contributed by atoms with Crippen molar-refractivity contribution in [2.24, 2.45) is 0 Å². The number of nitrogen functional groups attached to an aromatic ring is 1. The molecule has 17 heavy (non-hydrogen) atoms. The van der Waals surface area contributed by atoms with Gasteiger partial charge in [-0.2, -0.15) is 0 Å². The second-order valence-electron chi connectivity index (χ2n) is 4.40. The van der Waals surface area contributed by atoms with Gasteiger partial charge in [0.25, 0.3) is 0 Å². The Balaban J connectivity index is 2.14. The summed E-state index contributed by atoms with van der Waals surface area (Å²) >= 11 is 0. The molecule has 84 valence electrons. The van der Waals surface area contributed by atoms with E-state index in [0.717, 1.165) is 16.9 Å². The first-order valence-corrected chi connectivity index (χ1v) is 5.68. The number of nitrogens with two attached hydrogens (primary N) is 1. The van der Waals surface area contributed by atoms with Crippen LogP contribution in [0, 0.1) is 6.92 Å². The van der Waals surface area contributed by atoms with Crippen LogP contribution in [0.2, 0.25) is 0 Å². The fraction of sp³-hybridized carbons (Fsp3) is 0.0667. The van der Waals surface area contributed by atoms with Crippen LogP contribution in [0.25, 0.3) is 22.2 Å². The molecule has 0 radical (unpaired) electrons. The number of rotatable bonds is 1. The predicted octanol–water partition coefficient (Wildman–Crippen LogP) is 3.73. The molecule has 1 aromatic heterocycles. The van der Waals surface area contributed by atoms with E-state index in [1.807, 2.05) is 24.3 Å². The average molecular weight is 222 g/mol. The summed E-state index contributed by atoms with van der Waals surface area (Å²) in [6, 6.07) is 16.5. The lowest BCUT2D eigenvalue weighted by molar-refractivity contribution is 1.43. The van der Waals surface area contributed by atoms with Gasteiger partial charge in [0.05, 0.1) is 0 Å².